The molecule has 0 saturated heterocycles. The van der Waals surface area contributed by atoms with Gasteiger partial charge in [0, 0.05) is 0 Å². The highest BCUT2D eigenvalue weighted by molar-refractivity contribution is 6.39. The van der Waals surface area contributed by atoms with E-state index >= 15 is 0 Å². The van der Waals surface area contributed by atoms with E-state index in [4.69, 9.17) is 32.7 Å². The van der Waals surface area contributed by atoms with Crippen molar-refractivity contribution in [3.63, 3.8) is 0 Å². The molecule has 1 aliphatic heterocycles. The molecule has 0 aliphatic carbocycles. The number of nitrogens with one attached hydrogen (secondary N) is 2. The summed E-state index contributed by atoms with van der Waals surface area (Å²) >= 11 is 12.0. The summed E-state index contributed by atoms with van der Waals surface area (Å²) in [5.74, 6) is -1.36. The minimum atomic E-state index is -0.767. The maximum absolute atomic E-state index is 12.3. The van der Waals surface area contributed by atoms with Crippen LogP contribution in [-0.4, -0.2) is 37.2 Å². The number of carbonyl (C=O) groups is 3. The molecule has 1 atom stereocenters. The highest BCUT2D eigenvalue weighted by atomic mass is 35.5. The third-order valence-electron chi connectivity index (χ3n) is 3.66. The van der Waals surface area contributed by atoms with Gasteiger partial charge in [-0.05, 0) is 25.5 Å². The number of benzene rings is 1. The van der Waals surface area contributed by atoms with E-state index < -0.39 is 24.0 Å². The van der Waals surface area contributed by atoms with Gasteiger partial charge in [-0.3, -0.25) is 0 Å². The number of halogens is 2. The van der Waals surface area contributed by atoms with Gasteiger partial charge >= 0.3 is 18.0 Å². The maximum atomic E-state index is 12.3. The molecule has 1 aliphatic rings. The first-order chi connectivity index (χ1) is 12.4. The van der Waals surface area contributed by atoms with E-state index in [0.29, 0.717) is 6.42 Å². The molecule has 1 aromatic rings. The average molecular weight is 401 g/mol. The molecule has 7 nitrogen and oxygen atoms in total. The number of ether oxygens (including phenoxy) is 2. The second-order valence-corrected chi connectivity index (χ2v) is 6.16. The predicted octanol–water partition coefficient (Wildman–Crippen LogP) is 3.06. The van der Waals surface area contributed by atoms with Gasteiger partial charge in [0.25, 0.3) is 0 Å². The minimum absolute atomic E-state index is 0.0152. The fourth-order valence-corrected chi connectivity index (χ4v) is 3.03. The van der Waals surface area contributed by atoms with Crippen LogP contribution < -0.4 is 10.6 Å². The third kappa shape index (κ3) is 4.47. The molecule has 0 bridgehead atoms. The quantitative estimate of drug-likeness (QED) is 0.715. The predicted molar refractivity (Wildman–Crippen MR) is 96.1 cm³/mol. The molecule has 0 saturated carbocycles. The number of rotatable bonds is 6. The molecular formula is C17H18Cl2N2O5. The van der Waals surface area contributed by atoms with E-state index in [-0.39, 0.29) is 40.1 Å². The lowest BCUT2D eigenvalue weighted by atomic mass is 10.0. The van der Waals surface area contributed by atoms with Crippen molar-refractivity contribution < 1.29 is 23.9 Å². The zero-order valence-corrected chi connectivity index (χ0v) is 15.7. The highest BCUT2D eigenvalue weighted by Gasteiger charge is 2.32. The fourth-order valence-electron chi connectivity index (χ4n) is 2.48. The van der Waals surface area contributed by atoms with Crippen molar-refractivity contribution in [2.24, 2.45) is 0 Å². The molecule has 0 unspecified atom stereocenters. The molecular weight excluding hydrogens is 383 g/mol. The van der Waals surface area contributed by atoms with Crippen LogP contribution in [-0.2, 0) is 14.3 Å². The van der Waals surface area contributed by atoms with Crippen LogP contribution in [0.25, 0.3) is 0 Å². The van der Waals surface area contributed by atoms with Crippen LogP contribution in [0.3, 0.4) is 0 Å². The monoisotopic (exact) mass is 400 g/mol. The third-order valence-corrected chi connectivity index (χ3v) is 4.29. The van der Waals surface area contributed by atoms with Gasteiger partial charge in [-0.1, -0.05) is 36.2 Å². The number of hydrogen-bond donors (Lipinski definition) is 2. The smallest absolute Gasteiger partial charge is 0.341 e. The van der Waals surface area contributed by atoms with Gasteiger partial charge in [-0.15, -0.1) is 0 Å². The summed E-state index contributed by atoms with van der Waals surface area (Å²) < 4.78 is 10.3. The second kappa shape index (κ2) is 8.91. The standard InChI is InChI=1S/C17H18Cl2N2O5/c1-3-11-14(16(23)25-4-2)12(21-17(24)20-11)8-26-15(22)13-9(18)6-5-7-10(13)19/h5-7,11H,3-4,8H2,1-2H3,(H2,20,21,24)/t11-/m0/s1. The molecule has 2 amide bonds. The summed E-state index contributed by atoms with van der Waals surface area (Å²) in [6, 6.07) is 3.58. The lowest BCUT2D eigenvalue weighted by Crippen LogP contribution is -2.51. The average Bonchev–Trinajstić information content (AvgIpc) is 2.59. The van der Waals surface area contributed by atoms with Crippen molar-refractivity contribution in [2.45, 2.75) is 26.3 Å². The number of hydrogen-bond acceptors (Lipinski definition) is 5. The lowest BCUT2D eigenvalue weighted by molar-refractivity contribution is -0.139. The topological polar surface area (TPSA) is 93.7 Å². The van der Waals surface area contributed by atoms with Crippen molar-refractivity contribution in [3.8, 4) is 0 Å². The summed E-state index contributed by atoms with van der Waals surface area (Å²) in [6.45, 7) is 3.32. The van der Waals surface area contributed by atoms with E-state index in [1.807, 2.05) is 6.92 Å². The van der Waals surface area contributed by atoms with Crippen LogP contribution in [0.15, 0.2) is 29.5 Å². The van der Waals surface area contributed by atoms with Crippen molar-refractivity contribution in [2.75, 3.05) is 13.2 Å². The Bertz CT molecular complexity index is 743. The molecule has 0 spiro atoms. The van der Waals surface area contributed by atoms with Crippen molar-refractivity contribution in [1.82, 2.24) is 10.6 Å². The van der Waals surface area contributed by atoms with E-state index in [1.54, 1.807) is 13.0 Å². The summed E-state index contributed by atoms with van der Waals surface area (Å²) in [5.41, 5.74) is 0.393. The summed E-state index contributed by atoms with van der Waals surface area (Å²) in [5, 5.41) is 5.41. The summed E-state index contributed by atoms with van der Waals surface area (Å²) in [7, 11) is 0. The van der Waals surface area contributed by atoms with Gasteiger partial charge in [0.1, 0.15) is 6.61 Å². The van der Waals surface area contributed by atoms with E-state index in [2.05, 4.69) is 10.6 Å². The molecule has 26 heavy (non-hydrogen) atoms. The normalized spacial score (nSPS) is 16.6. The molecule has 2 rings (SSSR count). The van der Waals surface area contributed by atoms with E-state index in [1.165, 1.54) is 12.1 Å². The first kappa shape index (κ1) is 20.1. The van der Waals surface area contributed by atoms with Crippen LogP contribution in [0.1, 0.15) is 30.6 Å². The van der Waals surface area contributed by atoms with Crippen LogP contribution in [0.2, 0.25) is 10.0 Å². The zero-order chi connectivity index (χ0) is 19.3. The Morgan fingerprint density at radius 3 is 2.35 bits per heavy atom. The molecule has 140 valence electrons. The summed E-state index contributed by atoms with van der Waals surface area (Å²) in [6.07, 6.45) is 0.468. The maximum Gasteiger partial charge on any atom is 0.341 e. The molecule has 1 heterocycles. The fraction of sp³-hybridized carbons (Fsp3) is 0.353. The Hall–Kier alpha value is -2.25. The van der Waals surface area contributed by atoms with Gasteiger partial charge in [-0.2, -0.15) is 0 Å². The Labute approximate surface area is 160 Å². The molecule has 0 fully saturated rings. The SMILES string of the molecule is CCOC(=O)C1=C(COC(=O)c2c(Cl)cccc2Cl)NC(=O)N[C@H]1CC. The van der Waals surface area contributed by atoms with Gasteiger partial charge in [0.05, 0.1) is 39.5 Å². The Morgan fingerprint density at radius 1 is 1.12 bits per heavy atom. The second-order valence-electron chi connectivity index (χ2n) is 5.34. The number of amides is 2. The van der Waals surface area contributed by atoms with Crippen LogP contribution in [0.5, 0.6) is 0 Å². The molecule has 9 heteroatoms. The van der Waals surface area contributed by atoms with Gasteiger partial charge in [0.15, 0.2) is 0 Å². The first-order valence-corrected chi connectivity index (χ1v) is 8.73. The largest absolute Gasteiger partial charge is 0.463 e. The number of urea groups is 1. The van der Waals surface area contributed by atoms with E-state index in [0.717, 1.165) is 0 Å². The number of esters is 2. The van der Waals surface area contributed by atoms with Gasteiger partial charge in [-0.25, -0.2) is 14.4 Å². The van der Waals surface area contributed by atoms with Crippen LogP contribution in [0, 0.1) is 0 Å². The lowest BCUT2D eigenvalue weighted by Gasteiger charge is -2.28. The van der Waals surface area contributed by atoms with Crippen molar-refractivity contribution >= 4 is 41.2 Å². The van der Waals surface area contributed by atoms with Gasteiger partial charge in [0.2, 0.25) is 0 Å². The zero-order valence-electron chi connectivity index (χ0n) is 14.2. The molecule has 2 N–H and O–H groups in total. The minimum Gasteiger partial charge on any atom is -0.463 e. The Morgan fingerprint density at radius 2 is 1.77 bits per heavy atom. The van der Waals surface area contributed by atoms with Crippen molar-refractivity contribution in [3.05, 3.63) is 45.1 Å². The van der Waals surface area contributed by atoms with Crippen LogP contribution >= 0.6 is 23.2 Å². The van der Waals surface area contributed by atoms with E-state index in [9.17, 15) is 14.4 Å². The number of carbonyl (C=O) groups excluding carboxylic acids is 3. The Balaban J connectivity index is 2.26. The Kier molecular flexibility index (Phi) is 6.88. The van der Waals surface area contributed by atoms with Crippen molar-refractivity contribution in [1.29, 1.82) is 0 Å². The molecule has 0 aromatic heterocycles. The summed E-state index contributed by atoms with van der Waals surface area (Å²) in [4.78, 5) is 36.4. The molecule has 1 aromatic carbocycles. The van der Waals surface area contributed by atoms with Crippen LogP contribution in [0.4, 0.5) is 4.79 Å². The highest BCUT2D eigenvalue weighted by Crippen LogP contribution is 2.25. The van der Waals surface area contributed by atoms with Gasteiger partial charge < -0.3 is 20.1 Å². The first-order valence-electron chi connectivity index (χ1n) is 7.97. The molecule has 0 radical (unpaired) electrons.